The van der Waals surface area contributed by atoms with Crippen LogP contribution < -0.4 is 46.0 Å². The van der Waals surface area contributed by atoms with Gasteiger partial charge in [0.15, 0.2) is 5.78 Å². The summed E-state index contributed by atoms with van der Waals surface area (Å²) in [5, 5.41) is 145. The predicted molar refractivity (Wildman–Crippen MR) is 326 cm³/mol. The molecule has 4 aromatic rings. The van der Waals surface area contributed by atoms with Crippen LogP contribution in [0.4, 0.5) is 39.8 Å². The fourth-order valence-electron chi connectivity index (χ4n) is 8.62. The average molecular weight is 1230 g/mol. The molecule has 0 radical (unpaired) electrons. The molecule has 13 unspecified atom stereocenters. The van der Waals surface area contributed by atoms with Gasteiger partial charge < -0.3 is 118 Å². The van der Waals surface area contributed by atoms with Gasteiger partial charge in [-0.15, -0.1) is 0 Å². The van der Waals surface area contributed by atoms with E-state index in [1.807, 2.05) is 33.5 Å². The summed E-state index contributed by atoms with van der Waals surface area (Å²) in [7, 11) is 2.99. The van der Waals surface area contributed by atoms with Gasteiger partial charge in [0.25, 0.3) is 0 Å². The first-order valence-electron chi connectivity index (χ1n) is 27.8. The van der Waals surface area contributed by atoms with Gasteiger partial charge in [0, 0.05) is 93.1 Å². The fraction of sp³-hybridized carbons (Fsp3) is 0.534. The zero-order valence-electron chi connectivity index (χ0n) is 49.9. The molecule has 13 atom stereocenters. The molecule has 1 aliphatic rings. The standard InChI is InChI=1S/C25H36N2O7.C17H25N3O7.C16H30N2O6Si/c1-4-15(2)12-27(13-21(29)24(32)25(33)22(30)14-28)17-7-10-20(26)19(11-17)23(31)16-5-8-18(34-3)9-6-16;1-19(7-12(22)16(26)17(27)13(23)8-21)9-2-3-10(18)11(6-9)20-14(24)4-5-15(20)25;1-18(8-12(20)15(22)16(23)13(21)9-19)10-5-6-11(17)14(7-10)24-25(2,3)4/h5-11,15,21-22,24-25,28-30,32-33H,4,12-14,26H2,1-3H3;2-3,6,12-13,16-17,21-23,26-27H,4-5,7-8,18H2,1H3;5-7,12-13,15-16,19-23H,8-9,17H2,1-4H3. The van der Waals surface area contributed by atoms with Crippen molar-refractivity contribution >= 4 is 65.7 Å². The SMILES string of the molecule is CCC(C)CN(CC(O)C(O)C(O)C(O)CO)c1ccc(N)c(C(=O)c2ccc(OC)cc2)c1.CN(CC(O)C(O)C(O)C(O)CO)c1ccc(N)c(N2C(=O)CCC2=O)c1.CN(CC(O)C(O)C(O)C(O)CO)c1ccc(N)c(O[Si](C)(C)C)c1. The van der Waals surface area contributed by atoms with Crippen LogP contribution in [0.1, 0.15) is 49.0 Å². The number of anilines is 7. The number of carbonyl (C=O) groups excluding carboxylic acids is 3. The summed E-state index contributed by atoms with van der Waals surface area (Å²) in [6, 6.07) is 21.5. The Hall–Kier alpha value is -6.29. The van der Waals surface area contributed by atoms with Crippen LogP contribution in [-0.2, 0) is 9.59 Å². The zero-order chi connectivity index (χ0) is 65.1. The molecule has 0 bridgehead atoms. The van der Waals surface area contributed by atoms with Crippen molar-refractivity contribution in [3.63, 3.8) is 0 Å². The van der Waals surface area contributed by atoms with E-state index in [9.17, 15) is 75.7 Å². The van der Waals surface area contributed by atoms with Crippen molar-refractivity contribution in [2.75, 3.05) is 104 Å². The third kappa shape index (κ3) is 21.2. The van der Waals surface area contributed by atoms with Gasteiger partial charge in [0.1, 0.15) is 66.4 Å². The van der Waals surface area contributed by atoms with Gasteiger partial charge in [0.2, 0.25) is 20.1 Å². The molecule has 0 aromatic heterocycles. The van der Waals surface area contributed by atoms with Gasteiger partial charge in [-0.1, -0.05) is 20.3 Å². The highest BCUT2D eigenvalue weighted by atomic mass is 28.4. The maximum absolute atomic E-state index is 13.1. The van der Waals surface area contributed by atoms with E-state index in [-0.39, 0.29) is 67.4 Å². The molecule has 482 valence electrons. The molecule has 1 saturated heterocycles. The molecule has 0 saturated carbocycles. The van der Waals surface area contributed by atoms with Crippen molar-refractivity contribution in [2.24, 2.45) is 5.92 Å². The number of rotatable bonds is 30. The first kappa shape index (κ1) is 74.0. The summed E-state index contributed by atoms with van der Waals surface area (Å²) in [5.74, 6) is 0.447. The Labute approximate surface area is 501 Å². The van der Waals surface area contributed by atoms with Crippen molar-refractivity contribution in [3.8, 4) is 11.5 Å². The van der Waals surface area contributed by atoms with E-state index >= 15 is 0 Å². The number of hydrogen-bond acceptors (Lipinski definition) is 26. The van der Waals surface area contributed by atoms with E-state index in [0.29, 0.717) is 57.6 Å². The number of nitrogens with zero attached hydrogens (tertiary/aromatic N) is 4. The Kier molecular flexibility index (Phi) is 29.5. The van der Waals surface area contributed by atoms with Crippen molar-refractivity contribution in [1.82, 2.24) is 0 Å². The maximum Gasteiger partial charge on any atom is 0.242 e. The summed E-state index contributed by atoms with van der Waals surface area (Å²) in [6.07, 6.45) is -17.9. The molecule has 21 N–H and O–H groups in total. The number of nitrogens with two attached hydrogens (primary N) is 3. The molecule has 1 aliphatic heterocycles. The third-order valence-corrected chi connectivity index (χ3v) is 15.0. The number of aliphatic hydroxyl groups is 15. The Morgan fingerprint density at radius 2 is 0.965 bits per heavy atom. The lowest BCUT2D eigenvalue weighted by Crippen LogP contribution is -2.50. The van der Waals surface area contributed by atoms with Crippen molar-refractivity contribution in [1.29, 1.82) is 0 Å². The first-order valence-corrected chi connectivity index (χ1v) is 31.2. The molecular weight excluding hydrogens is 1140 g/mol. The van der Waals surface area contributed by atoms with Crippen LogP contribution in [0.3, 0.4) is 0 Å². The zero-order valence-corrected chi connectivity index (χ0v) is 50.9. The highest BCUT2D eigenvalue weighted by molar-refractivity contribution is 6.70. The molecule has 5 rings (SSSR count). The smallest absolute Gasteiger partial charge is 0.242 e. The molecule has 27 nitrogen and oxygen atoms in total. The van der Waals surface area contributed by atoms with E-state index in [0.717, 1.165) is 11.3 Å². The van der Waals surface area contributed by atoms with Gasteiger partial charge in [-0.05, 0) is 98.4 Å². The number of nitrogen functional groups attached to an aromatic ring is 3. The minimum atomic E-state index is -1.84. The highest BCUT2D eigenvalue weighted by Gasteiger charge is 2.35. The van der Waals surface area contributed by atoms with Gasteiger partial charge in [-0.2, -0.15) is 0 Å². The Morgan fingerprint density at radius 3 is 1.40 bits per heavy atom. The second-order valence-electron chi connectivity index (χ2n) is 22.2. The van der Waals surface area contributed by atoms with Gasteiger partial charge in [-0.25, -0.2) is 4.90 Å². The third-order valence-electron chi connectivity index (χ3n) is 14.1. The lowest BCUT2D eigenvalue weighted by atomic mass is 9.99. The minimum Gasteiger partial charge on any atom is -0.543 e. The monoisotopic (exact) mass is 1230 g/mol. The first-order chi connectivity index (χ1) is 40.2. The van der Waals surface area contributed by atoms with Crippen LogP contribution in [0.25, 0.3) is 0 Å². The van der Waals surface area contributed by atoms with Crippen molar-refractivity contribution < 1.29 is 100 Å². The largest absolute Gasteiger partial charge is 0.543 e. The highest BCUT2D eigenvalue weighted by Crippen LogP contribution is 2.34. The second kappa shape index (κ2) is 34.3. The van der Waals surface area contributed by atoms with Crippen LogP contribution in [0.2, 0.25) is 19.6 Å². The van der Waals surface area contributed by atoms with E-state index in [1.54, 1.807) is 97.7 Å². The number of ketones is 1. The van der Waals surface area contributed by atoms with Gasteiger partial charge >= 0.3 is 0 Å². The molecule has 28 heteroatoms. The number of ether oxygens (including phenoxy) is 1. The molecule has 0 spiro atoms. The number of hydrogen-bond donors (Lipinski definition) is 18. The fourth-order valence-corrected chi connectivity index (χ4v) is 9.46. The topological polar surface area (TPSA) is 464 Å². The molecule has 2 amide bonds. The number of amides is 2. The van der Waals surface area contributed by atoms with Crippen molar-refractivity contribution in [3.05, 3.63) is 90.0 Å². The van der Waals surface area contributed by atoms with E-state index in [1.165, 1.54) is 17.0 Å². The number of imide groups is 1. The maximum atomic E-state index is 13.1. The molecule has 86 heavy (non-hydrogen) atoms. The molecule has 0 aliphatic carbocycles. The number of methoxy groups -OCH3 is 1. The summed E-state index contributed by atoms with van der Waals surface area (Å²) in [5.41, 5.74) is 21.8. The number of likely N-dealkylation sites (N-methyl/N-ethyl adjacent to an activating group) is 2. The van der Waals surface area contributed by atoms with Crippen LogP contribution >= 0.6 is 0 Å². The predicted octanol–water partition coefficient (Wildman–Crippen LogP) is -2.05. The Balaban J connectivity index is 0.000000343. The van der Waals surface area contributed by atoms with E-state index in [2.05, 4.69) is 0 Å². The molecule has 1 fully saturated rings. The molecule has 4 aromatic carbocycles. The van der Waals surface area contributed by atoms with Crippen LogP contribution in [-0.4, -0.2) is 243 Å². The van der Waals surface area contributed by atoms with Gasteiger partial charge in [0.05, 0.1) is 62.3 Å². The lowest BCUT2D eigenvalue weighted by Gasteiger charge is -2.33. The summed E-state index contributed by atoms with van der Waals surface area (Å²) in [6.45, 7) is 8.21. The molecular formula is C58H91N7O20Si. The second-order valence-corrected chi connectivity index (χ2v) is 26.6. The number of aliphatic hydroxyl groups excluding tert-OH is 15. The van der Waals surface area contributed by atoms with Crippen LogP contribution in [0.5, 0.6) is 11.5 Å². The molecule has 1 heterocycles. The van der Waals surface area contributed by atoms with Crippen LogP contribution in [0, 0.1) is 5.92 Å². The van der Waals surface area contributed by atoms with Crippen molar-refractivity contribution in [2.45, 2.75) is 126 Å². The number of carbonyl (C=O) groups is 3. The summed E-state index contributed by atoms with van der Waals surface area (Å²) in [4.78, 5) is 43.0. The van der Waals surface area contributed by atoms with Crippen LogP contribution in [0.15, 0.2) is 78.9 Å². The normalized spacial score (nSPS) is 17.1. The minimum absolute atomic E-state index is 0.00726. The summed E-state index contributed by atoms with van der Waals surface area (Å²) >= 11 is 0. The van der Waals surface area contributed by atoms with E-state index in [4.69, 9.17) is 41.7 Å². The van der Waals surface area contributed by atoms with Gasteiger partial charge in [-0.3, -0.25) is 14.4 Å². The summed E-state index contributed by atoms with van der Waals surface area (Å²) < 4.78 is 11.1. The number of benzene rings is 4. The average Bonchev–Trinajstić information content (AvgIpc) is 2.89. The lowest BCUT2D eigenvalue weighted by molar-refractivity contribution is -0.121. The Bertz CT molecular complexity index is 2730. The van der Waals surface area contributed by atoms with E-state index < -0.39 is 101 Å². The quantitative estimate of drug-likeness (QED) is 0.0116. The Morgan fingerprint density at radius 1 is 0.558 bits per heavy atom.